The lowest BCUT2D eigenvalue weighted by Crippen LogP contribution is -2.38. The number of hydrogen-bond donors (Lipinski definition) is 1. The van der Waals surface area contributed by atoms with Crippen molar-refractivity contribution >= 4 is 11.6 Å². The van der Waals surface area contributed by atoms with Crippen molar-refractivity contribution < 1.29 is 14.3 Å². The number of hydrogen-bond acceptors (Lipinski definition) is 4. The topological polar surface area (TPSA) is 50.8 Å². The van der Waals surface area contributed by atoms with Crippen LogP contribution < -0.4 is 10.1 Å². The first-order valence-electron chi connectivity index (χ1n) is 7.41. The minimum Gasteiger partial charge on any atom is -0.495 e. The Hall–Kier alpha value is -1.59. The maximum atomic E-state index is 12.0. The van der Waals surface area contributed by atoms with Gasteiger partial charge in [-0.05, 0) is 25.0 Å². The zero-order valence-electron chi connectivity index (χ0n) is 12.8. The van der Waals surface area contributed by atoms with Gasteiger partial charge in [0, 0.05) is 33.2 Å². The van der Waals surface area contributed by atoms with E-state index < -0.39 is 0 Å². The summed E-state index contributed by atoms with van der Waals surface area (Å²) in [5.74, 6) is 0.708. The van der Waals surface area contributed by atoms with Gasteiger partial charge < -0.3 is 19.7 Å². The summed E-state index contributed by atoms with van der Waals surface area (Å²) in [5.41, 5.74) is 0.725. The van der Waals surface area contributed by atoms with E-state index in [2.05, 4.69) is 10.2 Å². The number of likely N-dealkylation sites (tertiary alicyclic amines) is 1. The SMILES string of the molecule is COc1ccccc1NC(=O)CCN1CCC(OC)CC1. The third kappa shape index (κ3) is 4.72. The third-order valence-corrected chi connectivity index (χ3v) is 3.90. The van der Waals surface area contributed by atoms with Gasteiger partial charge >= 0.3 is 0 Å². The van der Waals surface area contributed by atoms with E-state index in [1.807, 2.05) is 24.3 Å². The summed E-state index contributed by atoms with van der Waals surface area (Å²) in [4.78, 5) is 14.3. The largest absolute Gasteiger partial charge is 0.495 e. The Kier molecular flexibility index (Phi) is 6.02. The number of amides is 1. The zero-order valence-corrected chi connectivity index (χ0v) is 12.8. The molecule has 1 aromatic carbocycles. The second kappa shape index (κ2) is 8.00. The lowest BCUT2D eigenvalue weighted by atomic mass is 10.1. The van der Waals surface area contributed by atoms with Crippen molar-refractivity contribution in [3.63, 3.8) is 0 Å². The molecule has 0 spiro atoms. The van der Waals surface area contributed by atoms with Gasteiger partial charge in [0.2, 0.25) is 5.91 Å². The standard InChI is InChI=1S/C16H24N2O3/c1-20-13-7-10-18(11-8-13)12-9-16(19)17-14-5-3-4-6-15(14)21-2/h3-6,13H,7-12H2,1-2H3,(H,17,19). The van der Waals surface area contributed by atoms with Crippen molar-refractivity contribution in [1.82, 2.24) is 4.90 Å². The van der Waals surface area contributed by atoms with Crippen LogP contribution in [0, 0.1) is 0 Å². The highest BCUT2D eigenvalue weighted by atomic mass is 16.5. The molecular formula is C16H24N2O3. The van der Waals surface area contributed by atoms with Crippen LogP contribution in [0.4, 0.5) is 5.69 Å². The number of carbonyl (C=O) groups is 1. The van der Waals surface area contributed by atoms with E-state index in [1.165, 1.54) is 0 Å². The molecule has 0 aliphatic carbocycles. The van der Waals surface area contributed by atoms with E-state index in [1.54, 1.807) is 14.2 Å². The molecular weight excluding hydrogens is 268 g/mol. The number of nitrogens with one attached hydrogen (secondary N) is 1. The predicted octanol–water partition coefficient (Wildman–Crippen LogP) is 2.13. The number of ether oxygens (including phenoxy) is 2. The number of para-hydroxylation sites is 2. The molecule has 0 unspecified atom stereocenters. The fraction of sp³-hybridized carbons (Fsp3) is 0.562. The van der Waals surface area contributed by atoms with Crippen LogP contribution in [0.25, 0.3) is 0 Å². The summed E-state index contributed by atoms with van der Waals surface area (Å²) in [5, 5.41) is 2.91. The molecule has 5 heteroatoms. The smallest absolute Gasteiger partial charge is 0.225 e. The van der Waals surface area contributed by atoms with Crippen LogP contribution in [0.3, 0.4) is 0 Å². The molecule has 1 aliphatic heterocycles. The molecule has 1 amide bonds. The lowest BCUT2D eigenvalue weighted by Gasteiger charge is -2.30. The number of rotatable bonds is 6. The number of nitrogens with zero attached hydrogens (tertiary/aromatic N) is 1. The average Bonchev–Trinajstić information content (AvgIpc) is 2.54. The van der Waals surface area contributed by atoms with Gasteiger partial charge in [-0.2, -0.15) is 0 Å². The summed E-state index contributed by atoms with van der Waals surface area (Å²) in [6.07, 6.45) is 2.97. The summed E-state index contributed by atoms with van der Waals surface area (Å²) in [6, 6.07) is 7.45. The van der Waals surface area contributed by atoms with Gasteiger partial charge in [0.05, 0.1) is 18.9 Å². The minimum absolute atomic E-state index is 0.0216. The molecule has 1 aromatic rings. The van der Waals surface area contributed by atoms with E-state index in [0.29, 0.717) is 18.3 Å². The molecule has 2 rings (SSSR count). The first-order valence-corrected chi connectivity index (χ1v) is 7.41. The Morgan fingerprint density at radius 1 is 1.29 bits per heavy atom. The maximum absolute atomic E-state index is 12.0. The second-order valence-electron chi connectivity index (χ2n) is 5.28. The van der Waals surface area contributed by atoms with Gasteiger partial charge in [0.25, 0.3) is 0 Å². The van der Waals surface area contributed by atoms with Crippen molar-refractivity contribution in [3.05, 3.63) is 24.3 Å². The van der Waals surface area contributed by atoms with Crippen LogP contribution in [0.15, 0.2) is 24.3 Å². The molecule has 1 saturated heterocycles. The molecule has 0 saturated carbocycles. The first-order chi connectivity index (χ1) is 10.2. The number of benzene rings is 1. The van der Waals surface area contributed by atoms with Crippen LogP contribution in [-0.4, -0.2) is 50.8 Å². The highest BCUT2D eigenvalue weighted by molar-refractivity contribution is 5.92. The van der Waals surface area contributed by atoms with E-state index in [0.717, 1.165) is 38.2 Å². The van der Waals surface area contributed by atoms with Crippen LogP contribution in [0.1, 0.15) is 19.3 Å². The van der Waals surface area contributed by atoms with Gasteiger partial charge in [0.15, 0.2) is 0 Å². The summed E-state index contributed by atoms with van der Waals surface area (Å²) >= 11 is 0. The Balaban J connectivity index is 1.75. The summed E-state index contributed by atoms with van der Waals surface area (Å²) in [6.45, 7) is 2.79. The van der Waals surface area contributed by atoms with Gasteiger partial charge in [-0.15, -0.1) is 0 Å². The monoisotopic (exact) mass is 292 g/mol. The molecule has 5 nitrogen and oxygen atoms in total. The molecule has 116 valence electrons. The highest BCUT2D eigenvalue weighted by Crippen LogP contribution is 2.23. The Morgan fingerprint density at radius 2 is 2.00 bits per heavy atom. The zero-order chi connectivity index (χ0) is 15.1. The van der Waals surface area contributed by atoms with Gasteiger partial charge in [-0.25, -0.2) is 0 Å². The lowest BCUT2D eigenvalue weighted by molar-refractivity contribution is -0.116. The van der Waals surface area contributed by atoms with Gasteiger partial charge in [0.1, 0.15) is 5.75 Å². The fourth-order valence-electron chi connectivity index (χ4n) is 2.59. The Morgan fingerprint density at radius 3 is 2.67 bits per heavy atom. The van der Waals surface area contributed by atoms with Gasteiger partial charge in [-0.3, -0.25) is 4.79 Å². The minimum atomic E-state index is 0.0216. The average molecular weight is 292 g/mol. The number of methoxy groups -OCH3 is 2. The molecule has 1 fully saturated rings. The molecule has 0 bridgehead atoms. The molecule has 1 aliphatic rings. The second-order valence-corrected chi connectivity index (χ2v) is 5.28. The van der Waals surface area contributed by atoms with E-state index in [-0.39, 0.29) is 5.91 Å². The molecule has 1 N–H and O–H groups in total. The van der Waals surface area contributed by atoms with Crippen LogP contribution >= 0.6 is 0 Å². The predicted molar refractivity (Wildman–Crippen MR) is 82.7 cm³/mol. The summed E-state index contributed by atoms with van der Waals surface area (Å²) < 4.78 is 10.6. The summed E-state index contributed by atoms with van der Waals surface area (Å²) in [7, 11) is 3.37. The molecule has 1 heterocycles. The van der Waals surface area contributed by atoms with Crippen molar-refractivity contribution in [2.45, 2.75) is 25.4 Å². The molecule has 0 aromatic heterocycles. The first kappa shape index (κ1) is 15.8. The maximum Gasteiger partial charge on any atom is 0.225 e. The van der Waals surface area contributed by atoms with Crippen molar-refractivity contribution in [2.75, 3.05) is 39.2 Å². The Bertz CT molecular complexity index is 457. The number of anilines is 1. The fourth-order valence-corrected chi connectivity index (χ4v) is 2.59. The van der Waals surface area contributed by atoms with Crippen LogP contribution in [0.5, 0.6) is 5.75 Å². The van der Waals surface area contributed by atoms with Crippen molar-refractivity contribution in [1.29, 1.82) is 0 Å². The van der Waals surface area contributed by atoms with E-state index in [9.17, 15) is 4.79 Å². The number of piperidine rings is 1. The van der Waals surface area contributed by atoms with Crippen LogP contribution in [0.2, 0.25) is 0 Å². The van der Waals surface area contributed by atoms with Crippen molar-refractivity contribution in [2.24, 2.45) is 0 Å². The quantitative estimate of drug-likeness (QED) is 0.872. The van der Waals surface area contributed by atoms with Gasteiger partial charge in [-0.1, -0.05) is 12.1 Å². The third-order valence-electron chi connectivity index (χ3n) is 3.90. The van der Waals surface area contributed by atoms with E-state index in [4.69, 9.17) is 9.47 Å². The molecule has 21 heavy (non-hydrogen) atoms. The molecule has 0 atom stereocenters. The number of carbonyl (C=O) groups excluding carboxylic acids is 1. The highest BCUT2D eigenvalue weighted by Gasteiger charge is 2.19. The van der Waals surface area contributed by atoms with E-state index >= 15 is 0 Å². The molecule has 0 radical (unpaired) electrons. The normalized spacial score (nSPS) is 16.7. The van der Waals surface area contributed by atoms with Crippen molar-refractivity contribution in [3.8, 4) is 5.75 Å². The van der Waals surface area contributed by atoms with Crippen LogP contribution in [-0.2, 0) is 9.53 Å². The Labute approximate surface area is 126 Å².